The van der Waals surface area contributed by atoms with E-state index in [1.54, 1.807) is 14.0 Å². The summed E-state index contributed by atoms with van der Waals surface area (Å²) in [5.41, 5.74) is 2.35. The van der Waals surface area contributed by atoms with E-state index in [1.165, 1.54) is 16.2 Å². The van der Waals surface area contributed by atoms with Crippen molar-refractivity contribution in [2.45, 2.75) is 39.3 Å². The maximum Gasteiger partial charge on any atom is 0.271 e. The van der Waals surface area contributed by atoms with Gasteiger partial charge < -0.3 is 9.84 Å². The van der Waals surface area contributed by atoms with Gasteiger partial charge in [-0.25, -0.2) is 0 Å². The lowest BCUT2D eigenvalue weighted by atomic mass is 10.0. The van der Waals surface area contributed by atoms with Gasteiger partial charge in [-0.05, 0) is 36.5 Å². The Morgan fingerprint density at radius 2 is 2.00 bits per heavy atom. The van der Waals surface area contributed by atoms with E-state index < -0.39 is 5.56 Å². The normalized spacial score (nSPS) is 11.9. The van der Waals surface area contributed by atoms with Crippen LogP contribution in [-0.4, -0.2) is 16.8 Å². The number of aromatic hydroxyl groups is 1. The van der Waals surface area contributed by atoms with Crippen LogP contribution < -0.4 is 5.56 Å². The zero-order chi connectivity index (χ0) is 17.7. The molecule has 0 aliphatic heterocycles. The number of aromatic nitrogens is 1. The Bertz CT molecular complexity index is 801. The van der Waals surface area contributed by atoms with Gasteiger partial charge in [0, 0.05) is 19.7 Å². The molecule has 0 fully saturated rings. The number of ether oxygens (including phenoxy) is 1. The summed E-state index contributed by atoms with van der Waals surface area (Å²) in [7, 11) is 1.62. The van der Waals surface area contributed by atoms with E-state index in [0.717, 1.165) is 12.0 Å². The Kier molecular flexibility index (Phi) is 5.78. The SMILES string of the molecule is CCc1ccc(C(CCn2c(O)cc(C)c(C#N)c2=O)OC)cc1. The fraction of sp³-hybridized carbons (Fsp3) is 0.368. The number of hydrogen-bond acceptors (Lipinski definition) is 4. The molecule has 126 valence electrons. The van der Waals surface area contributed by atoms with Crippen molar-refractivity contribution in [3.63, 3.8) is 0 Å². The third-order valence-electron chi connectivity index (χ3n) is 4.25. The van der Waals surface area contributed by atoms with Gasteiger partial charge in [0.25, 0.3) is 5.56 Å². The topological polar surface area (TPSA) is 75.3 Å². The Labute approximate surface area is 141 Å². The number of pyridine rings is 1. The van der Waals surface area contributed by atoms with Crippen LogP contribution in [0.5, 0.6) is 5.88 Å². The molecule has 0 radical (unpaired) electrons. The van der Waals surface area contributed by atoms with Crippen molar-refractivity contribution in [1.29, 1.82) is 5.26 Å². The summed E-state index contributed by atoms with van der Waals surface area (Å²) in [6.07, 6.45) is 1.30. The van der Waals surface area contributed by atoms with Gasteiger partial charge in [0.05, 0.1) is 6.10 Å². The minimum absolute atomic E-state index is 0.0639. The number of nitrogens with zero attached hydrogens (tertiary/aromatic N) is 2. The summed E-state index contributed by atoms with van der Waals surface area (Å²) in [4.78, 5) is 12.3. The number of aryl methyl sites for hydroxylation is 2. The van der Waals surface area contributed by atoms with Crippen LogP contribution in [0.2, 0.25) is 0 Å². The van der Waals surface area contributed by atoms with E-state index in [-0.39, 0.29) is 24.1 Å². The zero-order valence-electron chi connectivity index (χ0n) is 14.2. The molecule has 0 saturated heterocycles. The molecule has 0 aliphatic rings. The molecule has 0 amide bonds. The molecular weight excluding hydrogens is 304 g/mol. The Balaban J connectivity index is 2.22. The first kappa shape index (κ1) is 17.8. The van der Waals surface area contributed by atoms with E-state index in [0.29, 0.717) is 12.0 Å². The predicted octanol–water partition coefficient (Wildman–Crippen LogP) is 3.07. The van der Waals surface area contributed by atoms with Crippen LogP contribution in [0.1, 0.15) is 41.7 Å². The number of hydrogen-bond donors (Lipinski definition) is 1. The van der Waals surface area contributed by atoms with Gasteiger partial charge in [-0.15, -0.1) is 0 Å². The fourth-order valence-corrected chi connectivity index (χ4v) is 2.74. The van der Waals surface area contributed by atoms with Crippen molar-refractivity contribution in [1.82, 2.24) is 4.57 Å². The van der Waals surface area contributed by atoms with Crippen LogP contribution in [0.25, 0.3) is 0 Å². The maximum absolute atomic E-state index is 12.3. The lowest BCUT2D eigenvalue weighted by molar-refractivity contribution is 0.0906. The Morgan fingerprint density at radius 3 is 2.54 bits per heavy atom. The molecule has 1 aromatic carbocycles. The van der Waals surface area contributed by atoms with Crippen molar-refractivity contribution in [2.75, 3.05) is 7.11 Å². The second kappa shape index (κ2) is 7.80. The summed E-state index contributed by atoms with van der Waals surface area (Å²) < 4.78 is 6.75. The van der Waals surface area contributed by atoms with Crippen LogP contribution in [0.15, 0.2) is 35.1 Å². The molecular formula is C19H22N2O3. The number of benzene rings is 1. The quantitative estimate of drug-likeness (QED) is 0.885. The highest BCUT2D eigenvalue weighted by atomic mass is 16.5. The standard InChI is InChI=1S/C19H22N2O3/c1-4-14-5-7-15(8-6-14)17(24-3)9-10-21-18(22)11-13(2)16(12-20)19(21)23/h5-8,11,17,22H,4,9-10H2,1-3H3. The van der Waals surface area contributed by atoms with Gasteiger partial charge in [0.2, 0.25) is 0 Å². The van der Waals surface area contributed by atoms with E-state index in [9.17, 15) is 9.90 Å². The van der Waals surface area contributed by atoms with Crippen LogP contribution in [0.3, 0.4) is 0 Å². The van der Waals surface area contributed by atoms with E-state index in [1.807, 2.05) is 18.2 Å². The van der Waals surface area contributed by atoms with Gasteiger partial charge in [0.15, 0.2) is 5.88 Å². The number of rotatable bonds is 6. The maximum atomic E-state index is 12.3. The molecule has 1 heterocycles. The lowest BCUT2D eigenvalue weighted by Gasteiger charge is -2.18. The smallest absolute Gasteiger partial charge is 0.271 e. The third-order valence-corrected chi connectivity index (χ3v) is 4.25. The first-order valence-corrected chi connectivity index (χ1v) is 7.97. The zero-order valence-corrected chi connectivity index (χ0v) is 14.2. The Morgan fingerprint density at radius 1 is 1.33 bits per heavy atom. The van der Waals surface area contributed by atoms with Gasteiger partial charge in [0.1, 0.15) is 11.6 Å². The van der Waals surface area contributed by atoms with Gasteiger partial charge in [-0.2, -0.15) is 5.26 Å². The predicted molar refractivity (Wildman–Crippen MR) is 92.0 cm³/mol. The molecule has 1 N–H and O–H groups in total. The summed E-state index contributed by atoms with van der Waals surface area (Å²) in [5.74, 6) is -0.132. The average molecular weight is 326 g/mol. The summed E-state index contributed by atoms with van der Waals surface area (Å²) in [6.45, 7) is 4.01. The van der Waals surface area contributed by atoms with Crippen molar-refractivity contribution in [3.8, 4) is 11.9 Å². The number of nitriles is 1. The van der Waals surface area contributed by atoms with E-state index in [2.05, 4.69) is 19.1 Å². The van der Waals surface area contributed by atoms with Gasteiger partial charge >= 0.3 is 0 Å². The molecule has 5 heteroatoms. The lowest BCUT2D eigenvalue weighted by Crippen LogP contribution is -2.24. The molecule has 0 saturated carbocycles. The van der Waals surface area contributed by atoms with Gasteiger partial charge in [-0.1, -0.05) is 31.2 Å². The van der Waals surface area contributed by atoms with Crippen LogP contribution in [-0.2, 0) is 17.7 Å². The highest BCUT2D eigenvalue weighted by Crippen LogP contribution is 2.23. The van der Waals surface area contributed by atoms with Gasteiger partial charge in [-0.3, -0.25) is 9.36 Å². The molecule has 1 aromatic heterocycles. The molecule has 5 nitrogen and oxygen atoms in total. The summed E-state index contributed by atoms with van der Waals surface area (Å²) in [5, 5.41) is 19.1. The molecule has 2 rings (SSSR count). The third kappa shape index (κ3) is 3.66. The highest BCUT2D eigenvalue weighted by molar-refractivity contribution is 5.37. The van der Waals surface area contributed by atoms with Crippen molar-refractivity contribution < 1.29 is 9.84 Å². The first-order valence-electron chi connectivity index (χ1n) is 7.97. The minimum Gasteiger partial charge on any atom is -0.494 e. The monoisotopic (exact) mass is 326 g/mol. The second-order valence-corrected chi connectivity index (χ2v) is 5.74. The van der Waals surface area contributed by atoms with E-state index in [4.69, 9.17) is 10.00 Å². The summed E-state index contributed by atoms with van der Waals surface area (Å²) >= 11 is 0. The molecule has 1 atom stereocenters. The number of methoxy groups -OCH3 is 1. The van der Waals surface area contributed by atoms with Crippen LogP contribution in [0.4, 0.5) is 0 Å². The Hall–Kier alpha value is -2.58. The molecule has 0 spiro atoms. The molecule has 0 bridgehead atoms. The highest BCUT2D eigenvalue weighted by Gasteiger charge is 2.15. The van der Waals surface area contributed by atoms with Crippen LogP contribution in [0, 0.1) is 18.3 Å². The minimum atomic E-state index is -0.466. The fourth-order valence-electron chi connectivity index (χ4n) is 2.74. The summed E-state index contributed by atoms with van der Waals surface area (Å²) in [6, 6.07) is 11.5. The largest absolute Gasteiger partial charge is 0.494 e. The second-order valence-electron chi connectivity index (χ2n) is 5.74. The van der Waals surface area contributed by atoms with Crippen molar-refractivity contribution in [3.05, 3.63) is 62.9 Å². The first-order chi connectivity index (χ1) is 11.5. The molecule has 2 aromatic rings. The van der Waals surface area contributed by atoms with E-state index >= 15 is 0 Å². The molecule has 1 unspecified atom stereocenters. The van der Waals surface area contributed by atoms with Crippen LogP contribution >= 0.6 is 0 Å². The van der Waals surface area contributed by atoms with Crippen molar-refractivity contribution in [2.24, 2.45) is 0 Å². The van der Waals surface area contributed by atoms with Crippen molar-refractivity contribution >= 4 is 0 Å². The molecule has 0 aliphatic carbocycles. The molecule has 24 heavy (non-hydrogen) atoms. The average Bonchev–Trinajstić information content (AvgIpc) is 2.58.